The molecule has 4 nitrogen and oxygen atoms in total. The third kappa shape index (κ3) is 11.1. The van der Waals surface area contributed by atoms with Gasteiger partial charge in [0.05, 0.1) is 22.0 Å². The number of hydrogen-bond acceptors (Lipinski definition) is 4. The largest absolute Gasteiger partial charge is 0.490 e. The number of halogens is 8. The standard InChI is InChI=1S/C105H72F8N2O2/c1-5-63-25-39-75(40-26-63)116-77-43-29-65(30-44-77)103(101-97(110)51-67(106)52-98(101)111)87-19-11-7-15-79(87)83-47-35-69(55-91(83)103)114(73-33-23-61(3)95(108)59-73)71-37-49-85-81-17-9-13-21-89(81)105(93(85)57-71)90-22-14-10-18-82(90)86-50-38-72(58-94(86)105)115(74-34-24-62(4)96(109)60-74)70-36-48-84-80-16-8-12-20-88(80)104(92(84)56-70,102-99(112)53-68(107)54-100(102)113)66-31-45-78(46-32-66)117-76-41-27-64(6-2)28-42-76/h5-7,9-15,17-31,33-41,43-45,47-60,76H,1-2,8,16,32,42,46H2,3-4H3. The minimum absolute atomic E-state index is 0.240. The molecule has 7 aliphatic carbocycles. The van der Waals surface area contributed by atoms with E-state index < -0.39 is 68.3 Å². The zero-order valence-corrected chi connectivity index (χ0v) is 63.7. The van der Waals surface area contributed by atoms with Gasteiger partial charge in [0.15, 0.2) is 0 Å². The molecule has 0 saturated heterocycles. The second kappa shape index (κ2) is 27.9. The summed E-state index contributed by atoms with van der Waals surface area (Å²) in [6, 6.07) is 76.0. The van der Waals surface area contributed by atoms with Crippen LogP contribution in [-0.2, 0) is 21.0 Å². The molecule has 570 valence electrons. The first-order valence-corrected chi connectivity index (χ1v) is 39.3. The summed E-state index contributed by atoms with van der Waals surface area (Å²) >= 11 is 0. The summed E-state index contributed by atoms with van der Waals surface area (Å²) in [7, 11) is 0. The van der Waals surface area contributed by atoms with Crippen LogP contribution >= 0.6 is 0 Å². The first kappa shape index (κ1) is 72.4. The Morgan fingerprint density at radius 2 is 0.829 bits per heavy atom. The molecule has 0 fully saturated rings. The number of nitrogens with zero attached hydrogens (tertiary/aromatic N) is 2. The van der Waals surface area contributed by atoms with Crippen LogP contribution in [0.15, 0.2) is 339 Å². The minimum Gasteiger partial charge on any atom is -0.490 e. The summed E-state index contributed by atoms with van der Waals surface area (Å²) in [5, 5.41) is 0. The Hall–Kier alpha value is -13.6. The minimum atomic E-state index is -1.78. The summed E-state index contributed by atoms with van der Waals surface area (Å²) in [4.78, 5) is 3.96. The van der Waals surface area contributed by atoms with Gasteiger partial charge in [0.2, 0.25) is 0 Å². The van der Waals surface area contributed by atoms with Crippen LogP contribution in [0.5, 0.6) is 11.5 Å². The van der Waals surface area contributed by atoms with E-state index in [0.29, 0.717) is 151 Å². The molecule has 0 radical (unpaired) electrons. The fraction of sp³-hybridized carbons (Fsp3) is 0.105. The SMILES string of the molecule is C=CC1=CCC(OC2=CC=C(C3(c4c(F)cc(F)cc4F)C4=C(CCC=C4)c4ccc(N(c5ccc(C)c(F)c5)c5ccc6c(c5)C5(c7ccccc7-6)c6ccccc6-c6ccc(N(c7ccc(C)c(F)c7)c7ccc8c(c7)C(c7ccc(Oc9ccc(C=C)cc9)cc7)(c7c(F)cc(F)cc7F)c7ccccc7-8)cc65)cc43)CC2)C=C1. The van der Waals surface area contributed by atoms with Crippen molar-refractivity contribution in [1.29, 1.82) is 0 Å². The molecule has 0 saturated carbocycles. The van der Waals surface area contributed by atoms with Crippen molar-refractivity contribution in [1.82, 2.24) is 0 Å². The van der Waals surface area contributed by atoms with Crippen LogP contribution in [0.4, 0.5) is 69.2 Å². The molecule has 0 bridgehead atoms. The van der Waals surface area contributed by atoms with E-state index in [-0.39, 0.29) is 11.7 Å². The van der Waals surface area contributed by atoms with Gasteiger partial charge in [-0.3, -0.25) is 0 Å². The molecule has 4 atom stereocenters. The molecule has 0 N–H and O–H groups in total. The molecule has 20 rings (SSSR count). The summed E-state index contributed by atoms with van der Waals surface area (Å²) < 4.78 is 148. The highest BCUT2D eigenvalue weighted by Crippen LogP contribution is 2.67. The Morgan fingerprint density at radius 1 is 0.393 bits per heavy atom. The van der Waals surface area contributed by atoms with Gasteiger partial charge in [-0.05, 0) is 259 Å². The second-order valence-electron chi connectivity index (χ2n) is 31.1. The summed E-state index contributed by atoms with van der Waals surface area (Å²) in [6.07, 6.45) is 19.7. The maximum atomic E-state index is 17.6. The summed E-state index contributed by atoms with van der Waals surface area (Å²) in [5.41, 5.74) is 14.5. The van der Waals surface area contributed by atoms with E-state index in [9.17, 15) is 0 Å². The van der Waals surface area contributed by atoms with Crippen LogP contribution in [0, 0.1) is 60.4 Å². The van der Waals surface area contributed by atoms with E-state index in [0.717, 1.165) is 78.9 Å². The maximum Gasteiger partial charge on any atom is 0.133 e. The monoisotopic (exact) mass is 1540 g/mol. The van der Waals surface area contributed by atoms with Crippen molar-refractivity contribution in [2.24, 2.45) is 0 Å². The van der Waals surface area contributed by atoms with E-state index in [1.807, 2.05) is 180 Å². The van der Waals surface area contributed by atoms with E-state index in [4.69, 9.17) is 9.47 Å². The lowest BCUT2D eigenvalue weighted by Crippen LogP contribution is -2.34. The predicted octanol–water partition coefficient (Wildman–Crippen LogP) is 28.0. The van der Waals surface area contributed by atoms with E-state index >= 15 is 35.1 Å². The quantitative estimate of drug-likeness (QED) is 0.0900. The number of allylic oxidation sites excluding steroid dienone is 11. The molecule has 0 amide bonds. The molecule has 13 aromatic rings. The number of rotatable bonds is 16. The smallest absolute Gasteiger partial charge is 0.133 e. The number of ether oxygens (including phenoxy) is 2. The van der Waals surface area contributed by atoms with Gasteiger partial charge in [0.25, 0.3) is 0 Å². The van der Waals surface area contributed by atoms with Gasteiger partial charge in [-0.2, -0.15) is 0 Å². The topological polar surface area (TPSA) is 24.9 Å². The van der Waals surface area contributed by atoms with Crippen molar-refractivity contribution in [3.8, 4) is 44.9 Å². The van der Waals surface area contributed by atoms with E-state index in [1.54, 1.807) is 62.4 Å². The van der Waals surface area contributed by atoms with Gasteiger partial charge >= 0.3 is 0 Å². The second-order valence-corrected chi connectivity index (χ2v) is 31.1. The number of anilines is 6. The molecule has 1 spiro atoms. The highest BCUT2D eigenvalue weighted by Gasteiger charge is 2.55. The Labute approximate surface area is 672 Å². The molecule has 7 aliphatic rings. The van der Waals surface area contributed by atoms with Crippen LogP contribution < -0.4 is 14.5 Å². The van der Waals surface area contributed by atoms with Crippen molar-refractivity contribution in [2.45, 2.75) is 68.3 Å². The number of hydrogen-bond donors (Lipinski definition) is 0. The molecule has 13 aromatic carbocycles. The lowest BCUT2D eigenvalue weighted by Gasteiger charge is -2.39. The summed E-state index contributed by atoms with van der Waals surface area (Å²) in [5.74, 6) is -5.64. The Kier molecular flexibility index (Phi) is 17.2. The van der Waals surface area contributed by atoms with Crippen LogP contribution in [0.25, 0.3) is 45.0 Å². The molecular formula is C105H72F8N2O2. The lowest BCUT2D eigenvalue weighted by atomic mass is 9.63. The molecule has 0 aliphatic heterocycles. The first-order valence-electron chi connectivity index (χ1n) is 39.3. The number of fused-ring (bicyclic) bond motifs is 15. The molecule has 117 heavy (non-hydrogen) atoms. The van der Waals surface area contributed by atoms with Crippen LogP contribution in [0.3, 0.4) is 0 Å². The Bertz CT molecular complexity index is 6580. The van der Waals surface area contributed by atoms with Crippen molar-refractivity contribution in [3.63, 3.8) is 0 Å². The van der Waals surface area contributed by atoms with Gasteiger partial charge < -0.3 is 19.3 Å². The number of benzene rings is 13. The predicted molar refractivity (Wildman–Crippen MR) is 450 cm³/mol. The third-order valence-electron chi connectivity index (χ3n) is 24.9. The van der Waals surface area contributed by atoms with Gasteiger partial charge in [-0.15, -0.1) is 0 Å². The van der Waals surface area contributed by atoms with E-state index in [2.05, 4.69) is 67.8 Å². The van der Waals surface area contributed by atoms with Crippen molar-refractivity contribution < 1.29 is 44.6 Å². The fourth-order valence-electron chi connectivity index (χ4n) is 19.8. The molecule has 12 heteroatoms. The van der Waals surface area contributed by atoms with E-state index in [1.165, 1.54) is 12.1 Å². The van der Waals surface area contributed by atoms with Gasteiger partial charge in [-0.1, -0.05) is 195 Å². The van der Waals surface area contributed by atoms with Gasteiger partial charge in [0, 0.05) is 82.4 Å². The summed E-state index contributed by atoms with van der Waals surface area (Å²) in [6.45, 7) is 11.2. The fourth-order valence-corrected chi connectivity index (χ4v) is 19.8. The number of aryl methyl sites for hydroxylation is 2. The molecule has 0 aromatic heterocycles. The van der Waals surface area contributed by atoms with Gasteiger partial charge in [0.1, 0.15) is 64.1 Å². The van der Waals surface area contributed by atoms with Crippen LogP contribution in [-0.4, -0.2) is 6.10 Å². The molecule has 0 heterocycles. The molecular weight excluding hydrogens is 1470 g/mol. The molecule has 4 unspecified atom stereocenters. The average Bonchev–Trinajstić information content (AvgIpc) is 1.52. The highest BCUT2D eigenvalue weighted by atomic mass is 19.2. The van der Waals surface area contributed by atoms with Crippen molar-refractivity contribution in [2.75, 3.05) is 9.80 Å². The highest BCUT2D eigenvalue weighted by molar-refractivity contribution is 5.99. The van der Waals surface area contributed by atoms with Crippen LogP contribution in [0.1, 0.15) is 110 Å². The van der Waals surface area contributed by atoms with Crippen molar-refractivity contribution >= 4 is 45.8 Å². The Balaban J connectivity index is 0.779. The van der Waals surface area contributed by atoms with Gasteiger partial charge in [-0.25, -0.2) is 35.1 Å². The first-order chi connectivity index (χ1) is 57.0. The lowest BCUT2D eigenvalue weighted by molar-refractivity contribution is 0.146. The zero-order valence-electron chi connectivity index (χ0n) is 63.7. The van der Waals surface area contributed by atoms with Crippen molar-refractivity contribution in [3.05, 3.63) is 463 Å². The Morgan fingerprint density at radius 3 is 1.29 bits per heavy atom. The maximum absolute atomic E-state index is 17.6. The van der Waals surface area contributed by atoms with Crippen LogP contribution in [0.2, 0.25) is 0 Å². The average molecular weight is 1550 g/mol. The zero-order chi connectivity index (χ0) is 79.9. The third-order valence-corrected chi connectivity index (χ3v) is 24.9. The normalized spacial score (nSPS) is 18.6.